The van der Waals surface area contributed by atoms with Gasteiger partial charge in [0, 0.05) is 11.9 Å². The van der Waals surface area contributed by atoms with Crippen molar-refractivity contribution in [3.8, 4) is 0 Å². The summed E-state index contributed by atoms with van der Waals surface area (Å²) in [6.45, 7) is 5.38. The lowest BCUT2D eigenvalue weighted by molar-refractivity contribution is 0.229. The Labute approximate surface area is 66.2 Å². The van der Waals surface area contributed by atoms with Gasteiger partial charge in [-0.1, -0.05) is 6.08 Å². The molecule has 2 heteroatoms. The van der Waals surface area contributed by atoms with Crippen LogP contribution in [0.25, 0.3) is 0 Å². The van der Waals surface area contributed by atoms with Crippen LogP contribution in [0.3, 0.4) is 0 Å². The average Bonchev–Trinajstić information content (AvgIpc) is 2.03. The molecule has 0 aliphatic heterocycles. The van der Waals surface area contributed by atoms with Gasteiger partial charge in [-0.3, -0.25) is 4.98 Å². The van der Waals surface area contributed by atoms with Gasteiger partial charge in [0.1, 0.15) is 0 Å². The quantitative estimate of drug-likeness (QED) is 0.648. The topological polar surface area (TPSA) is 33.1 Å². The van der Waals surface area contributed by atoms with Crippen LogP contribution in [0.4, 0.5) is 0 Å². The Balaban J connectivity index is 2.95. The molecule has 58 valence electrons. The molecular formula is C9H11NO. The Hall–Kier alpha value is -1.15. The lowest BCUT2D eigenvalue weighted by Gasteiger charge is -2.04. The molecule has 2 nitrogen and oxygen atoms in total. The first kappa shape index (κ1) is 7.95. The molecule has 0 aliphatic carbocycles. The van der Waals surface area contributed by atoms with E-state index in [4.69, 9.17) is 0 Å². The van der Waals surface area contributed by atoms with Gasteiger partial charge in [-0.2, -0.15) is 0 Å². The Bertz CT molecular complexity index is 257. The second-order valence-corrected chi connectivity index (χ2v) is 2.41. The molecule has 1 atom stereocenters. The Morgan fingerprint density at radius 1 is 1.73 bits per heavy atom. The van der Waals surface area contributed by atoms with Crippen LogP contribution in [0, 0.1) is 6.92 Å². The van der Waals surface area contributed by atoms with E-state index in [2.05, 4.69) is 11.6 Å². The summed E-state index contributed by atoms with van der Waals surface area (Å²) in [5.74, 6) is 0. The molecule has 1 rings (SSSR count). The molecule has 0 saturated carbocycles. The minimum absolute atomic E-state index is 0.573. The summed E-state index contributed by atoms with van der Waals surface area (Å²) in [4.78, 5) is 4.01. The van der Waals surface area contributed by atoms with Crippen molar-refractivity contribution in [2.45, 2.75) is 13.0 Å². The number of pyridine rings is 1. The molecule has 1 unspecified atom stereocenters. The summed E-state index contributed by atoms with van der Waals surface area (Å²) in [5.41, 5.74) is 1.75. The molecule has 1 aromatic rings. The molecule has 0 aliphatic rings. The number of nitrogens with zero attached hydrogens (tertiary/aromatic N) is 1. The van der Waals surface area contributed by atoms with Crippen LogP contribution >= 0.6 is 0 Å². The molecule has 0 amide bonds. The fraction of sp³-hybridized carbons (Fsp3) is 0.222. The first-order valence-electron chi connectivity index (χ1n) is 3.47. The summed E-state index contributed by atoms with van der Waals surface area (Å²) in [5, 5.41) is 9.31. The number of hydrogen-bond acceptors (Lipinski definition) is 2. The van der Waals surface area contributed by atoms with Gasteiger partial charge in [-0.15, -0.1) is 6.58 Å². The maximum Gasteiger partial charge on any atom is 0.0970 e. The van der Waals surface area contributed by atoms with E-state index in [1.54, 1.807) is 12.3 Å². The summed E-state index contributed by atoms with van der Waals surface area (Å²) in [7, 11) is 0. The lowest BCUT2D eigenvalue weighted by Crippen LogP contribution is -1.93. The highest BCUT2D eigenvalue weighted by Gasteiger charge is 2.00. The van der Waals surface area contributed by atoms with E-state index < -0.39 is 6.10 Å². The average molecular weight is 149 g/mol. The number of aliphatic hydroxyl groups excluding tert-OH is 1. The van der Waals surface area contributed by atoms with Gasteiger partial charge in [-0.25, -0.2) is 0 Å². The van der Waals surface area contributed by atoms with E-state index in [1.807, 2.05) is 13.0 Å². The normalized spacial score (nSPS) is 12.5. The SMILES string of the molecule is C=CC(O)c1ccnc(C)c1. The van der Waals surface area contributed by atoms with Crippen LogP contribution in [-0.2, 0) is 0 Å². The van der Waals surface area contributed by atoms with Crippen LogP contribution in [0.2, 0.25) is 0 Å². The fourth-order valence-corrected chi connectivity index (χ4v) is 0.888. The standard InChI is InChI=1S/C9H11NO/c1-3-9(11)8-4-5-10-7(2)6-8/h3-6,9,11H,1H2,2H3. The van der Waals surface area contributed by atoms with Crippen LogP contribution in [-0.4, -0.2) is 10.1 Å². The molecule has 0 saturated heterocycles. The van der Waals surface area contributed by atoms with E-state index in [0.29, 0.717) is 0 Å². The molecular weight excluding hydrogens is 138 g/mol. The fourth-order valence-electron chi connectivity index (χ4n) is 0.888. The smallest absolute Gasteiger partial charge is 0.0970 e. The largest absolute Gasteiger partial charge is 0.384 e. The van der Waals surface area contributed by atoms with E-state index in [-0.39, 0.29) is 0 Å². The predicted molar refractivity (Wildman–Crippen MR) is 44.1 cm³/mol. The van der Waals surface area contributed by atoms with Crippen molar-refractivity contribution in [1.82, 2.24) is 4.98 Å². The van der Waals surface area contributed by atoms with Crippen molar-refractivity contribution >= 4 is 0 Å². The number of aliphatic hydroxyl groups is 1. The number of aromatic nitrogens is 1. The summed E-state index contributed by atoms with van der Waals surface area (Å²) >= 11 is 0. The van der Waals surface area contributed by atoms with Gasteiger partial charge in [-0.05, 0) is 24.6 Å². The van der Waals surface area contributed by atoms with Crippen molar-refractivity contribution in [2.24, 2.45) is 0 Å². The van der Waals surface area contributed by atoms with Gasteiger partial charge in [0.2, 0.25) is 0 Å². The van der Waals surface area contributed by atoms with Gasteiger partial charge < -0.3 is 5.11 Å². The minimum atomic E-state index is -0.573. The molecule has 0 bridgehead atoms. The zero-order chi connectivity index (χ0) is 8.27. The third-order valence-corrected chi connectivity index (χ3v) is 1.49. The molecule has 0 aromatic carbocycles. The lowest BCUT2D eigenvalue weighted by atomic mass is 10.1. The Morgan fingerprint density at radius 2 is 2.45 bits per heavy atom. The van der Waals surface area contributed by atoms with Crippen molar-refractivity contribution in [3.63, 3.8) is 0 Å². The van der Waals surface area contributed by atoms with Crippen LogP contribution < -0.4 is 0 Å². The summed E-state index contributed by atoms with van der Waals surface area (Å²) in [6.07, 6.45) is 2.60. The predicted octanol–water partition coefficient (Wildman–Crippen LogP) is 1.61. The molecule has 0 fully saturated rings. The maximum atomic E-state index is 9.31. The number of aryl methyl sites for hydroxylation is 1. The van der Waals surface area contributed by atoms with Gasteiger partial charge in [0.05, 0.1) is 6.10 Å². The van der Waals surface area contributed by atoms with Crippen molar-refractivity contribution in [3.05, 3.63) is 42.2 Å². The van der Waals surface area contributed by atoms with E-state index in [0.717, 1.165) is 11.3 Å². The van der Waals surface area contributed by atoms with Gasteiger partial charge >= 0.3 is 0 Å². The van der Waals surface area contributed by atoms with E-state index >= 15 is 0 Å². The van der Waals surface area contributed by atoms with Crippen LogP contribution in [0.15, 0.2) is 31.0 Å². The maximum absolute atomic E-state index is 9.31. The second-order valence-electron chi connectivity index (χ2n) is 2.41. The first-order valence-corrected chi connectivity index (χ1v) is 3.47. The van der Waals surface area contributed by atoms with Gasteiger partial charge in [0.25, 0.3) is 0 Å². The zero-order valence-electron chi connectivity index (χ0n) is 6.49. The highest BCUT2D eigenvalue weighted by atomic mass is 16.3. The van der Waals surface area contributed by atoms with Crippen molar-refractivity contribution in [1.29, 1.82) is 0 Å². The Kier molecular flexibility index (Phi) is 2.39. The van der Waals surface area contributed by atoms with E-state index in [1.165, 1.54) is 6.08 Å². The number of rotatable bonds is 2. The molecule has 11 heavy (non-hydrogen) atoms. The van der Waals surface area contributed by atoms with Crippen LogP contribution in [0.5, 0.6) is 0 Å². The minimum Gasteiger partial charge on any atom is -0.384 e. The summed E-state index contributed by atoms with van der Waals surface area (Å²) < 4.78 is 0. The van der Waals surface area contributed by atoms with E-state index in [9.17, 15) is 5.11 Å². The van der Waals surface area contributed by atoms with Crippen LogP contribution in [0.1, 0.15) is 17.4 Å². The monoisotopic (exact) mass is 149 g/mol. The number of hydrogen-bond donors (Lipinski definition) is 1. The molecule has 1 heterocycles. The first-order chi connectivity index (χ1) is 5.24. The molecule has 0 spiro atoms. The molecule has 0 radical (unpaired) electrons. The molecule has 1 N–H and O–H groups in total. The summed E-state index contributed by atoms with van der Waals surface area (Å²) in [6, 6.07) is 3.62. The highest BCUT2D eigenvalue weighted by Crippen LogP contribution is 2.12. The van der Waals surface area contributed by atoms with Crippen molar-refractivity contribution in [2.75, 3.05) is 0 Å². The van der Waals surface area contributed by atoms with Crippen molar-refractivity contribution < 1.29 is 5.11 Å². The zero-order valence-corrected chi connectivity index (χ0v) is 6.49. The highest BCUT2D eigenvalue weighted by molar-refractivity contribution is 5.20. The third kappa shape index (κ3) is 1.88. The second kappa shape index (κ2) is 3.30. The Morgan fingerprint density at radius 3 is 3.00 bits per heavy atom. The third-order valence-electron chi connectivity index (χ3n) is 1.49. The van der Waals surface area contributed by atoms with Gasteiger partial charge in [0.15, 0.2) is 0 Å². The molecule has 1 aromatic heterocycles.